The first-order chi connectivity index (χ1) is 9.23. The molecule has 0 aliphatic carbocycles. The van der Waals surface area contributed by atoms with Gasteiger partial charge in [0.1, 0.15) is 0 Å². The van der Waals surface area contributed by atoms with E-state index in [2.05, 4.69) is 10.3 Å². The molecule has 0 atom stereocenters. The Morgan fingerprint density at radius 3 is 2.45 bits per heavy atom. The average molecular weight is 271 g/mol. The summed E-state index contributed by atoms with van der Waals surface area (Å²) in [6.07, 6.45) is 1.72. The van der Waals surface area contributed by atoms with Crippen molar-refractivity contribution in [1.29, 1.82) is 0 Å². The van der Waals surface area contributed by atoms with Crippen LogP contribution >= 0.6 is 0 Å². The van der Waals surface area contributed by atoms with Gasteiger partial charge in [-0.2, -0.15) is 0 Å². The zero-order valence-electron chi connectivity index (χ0n) is 12.4. The van der Waals surface area contributed by atoms with Crippen LogP contribution in [0.4, 0.5) is 5.69 Å². The van der Waals surface area contributed by atoms with E-state index < -0.39 is 11.0 Å². The lowest BCUT2D eigenvalue weighted by molar-refractivity contribution is -0.126. The molecule has 4 heteroatoms. The third-order valence-electron chi connectivity index (χ3n) is 4.06. The molecule has 3 N–H and O–H groups in total. The Labute approximate surface area is 119 Å². The second-order valence-corrected chi connectivity index (χ2v) is 6.18. The Hall–Kier alpha value is -1.94. The quantitative estimate of drug-likeness (QED) is 0.901. The van der Waals surface area contributed by atoms with E-state index in [-0.39, 0.29) is 5.91 Å². The highest BCUT2D eigenvalue weighted by atomic mass is 16.2. The van der Waals surface area contributed by atoms with E-state index in [0.29, 0.717) is 5.69 Å². The van der Waals surface area contributed by atoms with Gasteiger partial charge in [0.05, 0.1) is 16.6 Å². The van der Waals surface area contributed by atoms with E-state index in [1.807, 2.05) is 58.0 Å². The maximum atomic E-state index is 12.5. The van der Waals surface area contributed by atoms with Crippen molar-refractivity contribution in [3.63, 3.8) is 0 Å². The Bertz CT molecular complexity index is 636. The second-order valence-electron chi connectivity index (χ2n) is 6.18. The third kappa shape index (κ3) is 2.51. The number of aromatic nitrogens is 1. The molecule has 2 aromatic rings. The van der Waals surface area contributed by atoms with Crippen molar-refractivity contribution < 1.29 is 4.79 Å². The van der Waals surface area contributed by atoms with E-state index in [1.165, 1.54) is 0 Å². The largest absolute Gasteiger partial charge is 0.325 e. The lowest BCUT2D eigenvalue weighted by atomic mass is 9.74. The van der Waals surface area contributed by atoms with Crippen LogP contribution < -0.4 is 11.1 Å². The molecule has 1 aromatic heterocycles. The normalized spacial score (nSPS) is 12.4. The fourth-order valence-corrected chi connectivity index (χ4v) is 1.78. The molecular formula is C16H21N3O. The van der Waals surface area contributed by atoms with E-state index >= 15 is 0 Å². The zero-order valence-corrected chi connectivity index (χ0v) is 12.4. The summed E-state index contributed by atoms with van der Waals surface area (Å²) in [4.78, 5) is 16.8. The number of amides is 1. The minimum absolute atomic E-state index is 0.108. The first kappa shape index (κ1) is 14.5. The molecule has 0 unspecified atom stereocenters. The predicted octanol–water partition coefficient (Wildman–Crippen LogP) is 2.94. The van der Waals surface area contributed by atoms with Crippen LogP contribution in [0, 0.1) is 5.41 Å². The summed E-state index contributed by atoms with van der Waals surface area (Å²) in [6.45, 7) is 7.41. The van der Waals surface area contributed by atoms with E-state index in [0.717, 1.165) is 10.9 Å². The molecule has 2 rings (SSSR count). The van der Waals surface area contributed by atoms with Gasteiger partial charge in [-0.25, -0.2) is 0 Å². The summed E-state index contributed by atoms with van der Waals surface area (Å²) in [7, 11) is 0. The Balaban J connectivity index is 2.36. The molecule has 106 valence electrons. The summed E-state index contributed by atoms with van der Waals surface area (Å²) in [6, 6.07) is 9.57. The zero-order chi connectivity index (χ0) is 15.0. The number of rotatable bonds is 3. The second kappa shape index (κ2) is 4.87. The van der Waals surface area contributed by atoms with Crippen molar-refractivity contribution in [3.05, 3.63) is 36.5 Å². The Morgan fingerprint density at radius 1 is 1.15 bits per heavy atom. The van der Waals surface area contributed by atoms with Gasteiger partial charge in [0.2, 0.25) is 5.91 Å². The van der Waals surface area contributed by atoms with Crippen LogP contribution in [0.5, 0.6) is 0 Å². The van der Waals surface area contributed by atoms with Crippen LogP contribution in [0.1, 0.15) is 27.7 Å². The fraction of sp³-hybridized carbons (Fsp3) is 0.375. The van der Waals surface area contributed by atoms with Crippen molar-refractivity contribution in [2.75, 3.05) is 5.32 Å². The minimum Gasteiger partial charge on any atom is -0.325 e. The van der Waals surface area contributed by atoms with Gasteiger partial charge in [0.25, 0.3) is 0 Å². The number of pyridine rings is 1. The minimum atomic E-state index is -0.691. The summed E-state index contributed by atoms with van der Waals surface area (Å²) in [5, 5.41) is 3.95. The standard InChI is InChI=1S/C16H21N3O/c1-15(2,16(3,4)17)14(20)19-12-9-5-7-11-8-6-10-18-13(11)12/h5-10H,17H2,1-4H3,(H,19,20). The molecule has 1 heterocycles. The highest BCUT2D eigenvalue weighted by Gasteiger charge is 2.40. The topological polar surface area (TPSA) is 68.0 Å². The van der Waals surface area contributed by atoms with Gasteiger partial charge in [-0.05, 0) is 39.8 Å². The SMILES string of the molecule is CC(C)(N)C(C)(C)C(=O)Nc1cccc2cccnc12. The average Bonchev–Trinajstić information content (AvgIpc) is 2.37. The van der Waals surface area contributed by atoms with E-state index in [4.69, 9.17) is 5.73 Å². The van der Waals surface area contributed by atoms with Crippen LogP contribution in [0.15, 0.2) is 36.5 Å². The van der Waals surface area contributed by atoms with Crippen molar-refractivity contribution in [3.8, 4) is 0 Å². The van der Waals surface area contributed by atoms with Crippen molar-refractivity contribution in [2.45, 2.75) is 33.2 Å². The molecule has 1 amide bonds. The highest BCUT2D eigenvalue weighted by Crippen LogP contribution is 2.31. The lowest BCUT2D eigenvalue weighted by Gasteiger charge is -2.36. The molecule has 0 aliphatic heterocycles. The molecule has 0 radical (unpaired) electrons. The number of fused-ring (bicyclic) bond motifs is 1. The van der Waals surface area contributed by atoms with Crippen LogP contribution in [0.25, 0.3) is 10.9 Å². The van der Waals surface area contributed by atoms with E-state index in [9.17, 15) is 4.79 Å². The summed E-state index contributed by atoms with van der Waals surface area (Å²) < 4.78 is 0. The van der Waals surface area contributed by atoms with Gasteiger partial charge in [0.15, 0.2) is 0 Å². The Kier molecular flexibility index (Phi) is 3.52. The predicted molar refractivity (Wildman–Crippen MR) is 82.4 cm³/mol. The highest BCUT2D eigenvalue weighted by molar-refractivity contribution is 6.02. The molecule has 0 saturated heterocycles. The number of para-hydroxylation sites is 1. The van der Waals surface area contributed by atoms with Crippen LogP contribution in [-0.2, 0) is 4.79 Å². The molecule has 0 spiro atoms. The molecule has 20 heavy (non-hydrogen) atoms. The van der Waals surface area contributed by atoms with Crippen molar-refractivity contribution in [2.24, 2.45) is 11.1 Å². The monoisotopic (exact) mass is 271 g/mol. The molecule has 0 aliphatic rings. The molecular weight excluding hydrogens is 250 g/mol. The molecule has 0 fully saturated rings. The maximum absolute atomic E-state index is 12.5. The van der Waals surface area contributed by atoms with Crippen molar-refractivity contribution >= 4 is 22.5 Å². The maximum Gasteiger partial charge on any atom is 0.231 e. The number of nitrogens with one attached hydrogen (secondary N) is 1. The number of nitrogens with zero attached hydrogens (tertiary/aromatic N) is 1. The molecule has 4 nitrogen and oxygen atoms in total. The van der Waals surface area contributed by atoms with Gasteiger partial charge in [0, 0.05) is 17.1 Å². The summed E-state index contributed by atoms with van der Waals surface area (Å²) >= 11 is 0. The van der Waals surface area contributed by atoms with Crippen molar-refractivity contribution in [1.82, 2.24) is 4.98 Å². The molecule has 0 saturated carbocycles. The van der Waals surface area contributed by atoms with Gasteiger partial charge in [-0.15, -0.1) is 0 Å². The first-order valence-corrected chi connectivity index (χ1v) is 6.67. The van der Waals surface area contributed by atoms with E-state index in [1.54, 1.807) is 6.20 Å². The number of nitrogens with two attached hydrogens (primary N) is 1. The molecule has 1 aromatic carbocycles. The number of hydrogen-bond donors (Lipinski definition) is 2. The summed E-state index contributed by atoms with van der Waals surface area (Å²) in [5.41, 5.74) is 6.30. The van der Waals surface area contributed by atoms with Gasteiger partial charge in [-0.1, -0.05) is 18.2 Å². The fourth-order valence-electron chi connectivity index (χ4n) is 1.78. The number of benzene rings is 1. The first-order valence-electron chi connectivity index (χ1n) is 6.67. The Morgan fingerprint density at radius 2 is 1.80 bits per heavy atom. The van der Waals surface area contributed by atoms with Gasteiger partial charge < -0.3 is 11.1 Å². The third-order valence-corrected chi connectivity index (χ3v) is 4.06. The number of hydrogen-bond acceptors (Lipinski definition) is 3. The molecule has 0 bridgehead atoms. The number of anilines is 1. The van der Waals surface area contributed by atoms with Gasteiger partial charge >= 0.3 is 0 Å². The van der Waals surface area contributed by atoms with Crippen LogP contribution in [0.3, 0.4) is 0 Å². The smallest absolute Gasteiger partial charge is 0.231 e. The van der Waals surface area contributed by atoms with Crippen LogP contribution in [-0.4, -0.2) is 16.4 Å². The van der Waals surface area contributed by atoms with Crippen LogP contribution in [0.2, 0.25) is 0 Å². The van der Waals surface area contributed by atoms with Gasteiger partial charge in [-0.3, -0.25) is 9.78 Å². The lowest BCUT2D eigenvalue weighted by Crippen LogP contribution is -2.53. The summed E-state index contributed by atoms with van der Waals surface area (Å²) in [5.74, 6) is -0.108. The number of carbonyl (C=O) groups excluding carboxylic acids is 1. The number of carbonyl (C=O) groups is 1.